The molecule has 26 heavy (non-hydrogen) atoms. The SMILES string of the molecule is CCCN(CCC)C(=O)c1cc(Nc2cc(C)c(Cl)cc2OC)ccn1. The first kappa shape index (κ1) is 20.0. The van der Waals surface area contributed by atoms with Gasteiger partial charge in [-0.25, -0.2) is 0 Å². The molecule has 0 fully saturated rings. The molecule has 5 nitrogen and oxygen atoms in total. The van der Waals surface area contributed by atoms with Gasteiger partial charge in [-0.1, -0.05) is 25.4 Å². The monoisotopic (exact) mass is 375 g/mol. The number of aryl methyl sites for hydroxylation is 1. The number of amides is 1. The first-order chi connectivity index (χ1) is 12.5. The standard InChI is InChI=1S/C20H26ClN3O2/c1-5-9-24(10-6-2)20(25)18-12-15(7-8-22-18)23-17-11-14(3)16(21)13-19(17)26-4/h7-8,11-13H,5-6,9-10H2,1-4H3,(H,22,23). The van der Waals surface area contributed by atoms with Crippen LogP contribution in [0.1, 0.15) is 42.7 Å². The van der Waals surface area contributed by atoms with Crippen LogP contribution in [-0.4, -0.2) is 36.0 Å². The number of anilines is 2. The van der Waals surface area contributed by atoms with Gasteiger partial charge in [0.05, 0.1) is 12.8 Å². The number of aromatic nitrogens is 1. The molecule has 0 radical (unpaired) electrons. The summed E-state index contributed by atoms with van der Waals surface area (Å²) in [5.41, 5.74) is 2.94. The van der Waals surface area contributed by atoms with Gasteiger partial charge in [0.15, 0.2) is 0 Å². The number of benzene rings is 1. The third kappa shape index (κ3) is 4.88. The van der Waals surface area contributed by atoms with Gasteiger partial charge in [-0.05, 0) is 43.5 Å². The van der Waals surface area contributed by atoms with Gasteiger partial charge in [-0.2, -0.15) is 0 Å². The van der Waals surface area contributed by atoms with E-state index in [9.17, 15) is 4.79 Å². The lowest BCUT2D eigenvalue weighted by molar-refractivity contribution is 0.0749. The number of halogens is 1. The molecule has 2 aromatic rings. The van der Waals surface area contributed by atoms with E-state index in [-0.39, 0.29) is 5.91 Å². The summed E-state index contributed by atoms with van der Waals surface area (Å²) in [5, 5.41) is 3.94. The average molecular weight is 376 g/mol. The van der Waals surface area contributed by atoms with Gasteiger partial charge in [0, 0.05) is 36.1 Å². The Morgan fingerprint density at radius 1 is 1.23 bits per heavy atom. The number of carbonyl (C=O) groups is 1. The number of rotatable bonds is 8. The van der Waals surface area contributed by atoms with Gasteiger partial charge in [-0.3, -0.25) is 9.78 Å². The molecule has 1 amide bonds. The van der Waals surface area contributed by atoms with Gasteiger partial charge >= 0.3 is 0 Å². The Kier molecular flexibility index (Phi) is 7.27. The summed E-state index contributed by atoms with van der Waals surface area (Å²) in [4.78, 5) is 18.8. The van der Waals surface area contributed by atoms with Crippen LogP contribution < -0.4 is 10.1 Å². The fraction of sp³-hybridized carbons (Fsp3) is 0.400. The number of hydrogen-bond donors (Lipinski definition) is 1. The molecule has 1 aromatic carbocycles. The van der Waals surface area contributed by atoms with Crippen molar-refractivity contribution in [3.05, 3.63) is 46.7 Å². The molecule has 1 heterocycles. The highest BCUT2D eigenvalue weighted by Crippen LogP contribution is 2.33. The van der Waals surface area contributed by atoms with Crippen LogP contribution in [0.15, 0.2) is 30.5 Å². The van der Waals surface area contributed by atoms with Crippen LogP contribution >= 0.6 is 11.6 Å². The molecule has 0 spiro atoms. The summed E-state index contributed by atoms with van der Waals surface area (Å²) in [7, 11) is 1.60. The molecule has 0 unspecified atom stereocenters. The van der Waals surface area contributed by atoms with Crippen molar-refractivity contribution in [3.8, 4) is 5.75 Å². The quantitative estimate of drug-likeness (QED) is 0.700. The summed E-state index contributed by atoms with van der Waals surface area (Å²) in [5.74, 6) is 0.598. The van der Waals surface area contributed by atoms with Crippen LogP contribution in [0.5, 0.6) is 5.75 Å². The molecule has 140 valence electrons. The number of methoxy groups -OCH3 is 1. The van der Waals surface area contributed by atoms with E-state index in [1.807, 2.05) is 24.0 Å². The van der Waals surface area contributed by atoms with E-state index in [0.29, 0.717) is 16.5 Å². The van der Waals surface area contributed by atoms with Crippen molar-refractivity contribution in [3.63, 3.8) is 0 Å². The number of pyridine rings is 1. The molecular weight excluding hydrogens is 350 g/mol. The molecule has 1 N–H and O–H groups in total. The number of ether oxygens (including phenoxy) is 1. The van der Waals surface area contributed by atoms with E-state index >= 15 is 0 Å². The minimum absolute atomic E-state index is 0.0448. The van der Waals surface area contributed by atoms with Gasteiger partial charge in [0.25, 0.3) is 5.91 Å². The molecular formula is C20H26ClN3O2. The smallest absolute Gasteiger partial charge is 0.272 e. The van der Waals surface area contributed by atoms with Gasteiger partial charge < -0.3 is 15.0 Å². The van der Waals surface area contributed by atoms with Crippen molar-refractivity contribution in [1.82, 2.24) is 9.88 Å². The molecule has 0 aliphatic heterocycles. The van der Waals surface area contributed by atoms with Crippen molar-refractivity contribution >= 4 is 28.9 Å². The zero-order valence-corrected chi connectivity index (χ0v) is 16.6. The van der Waals surface area contributed by atoms with Crippen molar-refractivity contribution in [2.45, 2.75) is 33.6 Å². The van der Waals surface area contributed by atoms with Gasteiger partial charge in [-0.15, -0.1) is 0 Å². The number of carbonyl (C=O) groups excluding carboxylic acids is 1. The van der Waals surface area contributed by atoms with Crippen LogP contribution in [0.4, 0.5) is 11.4 Å². The van der Waals surface area contributed by atoms with Crippen molar-refractivity contribution in [1.29, 1.82) is 0 Å². The average Bonchev–Trinajstić information content (AvgIpc) is 2.64. The highest BCUT2D eigenvalue weighted by Gasteiger charge is 2.16. The minimum atomic E-state index is -0.0448. The van der Waals surface area contributed by atoms with Crippen LogP contribution in [0.2, 0.25) is 5.02 Å². The highest BCUT2D eigenvalue weighted by atomic mass is 35.5. The maximum atomic E-state index is 12.7. The molecule has 2 rings (SSSR count). The second kappa shape index (κ2) is 9.43. The molecule has 0 saturated heterocycles. The fourth-order valence-corrected chi connectivity index (χ4v) is 2.88. The molecule has 0 atom stereocenters. The van der Waals surface area contributed by atoms with Crippen LogP contribution in [0.3, 0.4) is 0 Å². The predicted molar refractivity (Wildman–Crippen MR) is 107 cm³/mol. The molecule has 0 aliphatic carbocycles. The second-order valence-corrected chi connectivity index (χ2v) is 6.56. The third-order valence-corrected chi connectivity index (χ3v) is 4.42. The Balaban J connectivity index is 2.27. The first-order valence-corrected chi connectivity index (χ1v) is 9.24. The zero-order chi connectivity index (χ0) is 19.1. The highest BCUT2D eigenvalue weighted by molar-refractivity contribution is 6.31. The lowest BCUT2D eigenvalue weighted by Crippen LogP contribution is -2.33. The van der Waals surface area contributed by atoms with E-state index in [4.69, 9.17) is 16.3 Å². The first-order valence-electron chi connectivity index (χ1n) is 8.86. The Morgan fingerprint density at radius 2 is 1.92 bits per heavy atom. The number of nitrogens with one attached hydrogen (secondary N) is 1. The van der Waals surface area contributed by atoms with Crippen molar-refractivity contribution in [2.75, 3.05) is 25.5 Å². The van der Waals surface area contributed by atoms with Crippen LogP contribution in [0.25, 0.3) is 0 Å². The zero-order valence-electron chi connectivity index (χ0n) is 15.8. The molecule has 0 bridgehead atoms. The van der Waals surface area contributed by atoms with Crippen LogP contribution in [-0.2, 0) is 0 Å². The van der Waals surface area contributed by atoms with E-state index in [1.165, 1.54) is 0 Å². The van der Waals surface area contributed by atoms with E-state index in [0.717, 1.165) is 42.9 Å². The molecule has 0 aliphatic rings. The number of nitrogens with zero attached hydrogens (tertiary/aromatic N) is 2. The Hall–Kier alpha value is -2.27. The van der Waals surface area contributed by atoms with E-state index in [1.54, 1.807) is 25.4 Å². The van der Waals surface area contributed by atoms with E-state index < -0.39 is 0 Å². The molecule has 1 aromatic heterocycles. The number of hydrogen-bond acceptors (Lipinski definition) is 4. The van der Waals surface area contributed by atoms with Crippen molar-refractivity contribution in [2.24, 2.45) is 0 Å². The Morgan fingerprint density at radius 3 is 2.54 bits per heavy atom. The molecule has 6 heteroatoms. The fourth-order valence-electron chi connectivity index (χ4n) is 2.73. The minimum Gasteiger partial charge on any atom is -0.495 e. The Labute approximate surface area is 160 Å². The summed E-state index contributed by atoms with van der Waals surface area (Å²) in [6.45, 7) is 7.53. The second-order valence-electron chi connectivity index (χ2n) is 6.15. The topological polar surface area (TPSA) is 54.5 Å². The van der Waals surface area contributed by atoms with Crippen LogP contribution in [0, 0.1) is 6.92 Å². The lowest BCUT2D eigenvalue weighted by atomic mass is 10.2. The van der Waals surface area contributed by atoms with Gasteiger partial charge in [0.2, 0.25) is 0 Å². The summed E-state index contributed by atoms with van der Waals surface area (Å²) >= 11 is 6.16. The maximum Gasteiger partial charge on any atom is 0.272 e. The van der Waals surface area contributed by atoms with Gasteiger partial charge in [0.1, 0.15) is 11.4 Å². The molecule has 0 saturated carbocycles. The normalized spacial score (nSPS) is 10.5. The Bertz CT molecular complexity index is 759. The maximum absolute atomic E-state index is 12.7. The summed E-state index contributed by atoms with van der Waals surface area (Å²) < 4.78 is 5.40. The third-order valence-electron chi connectivity index (χ3n) is 4.01. The lowest BCUT2D eigenvalue weighted by Gasteiger charge is -2.21. The predicted octanol–water partition coefficient (Wildman–Crippen LogP) is 5.06. The van der Waals surface area contributed by atoms with E-state index in [2.05, 4.69) is 24.1 Å². The summed E-state index contributed by atoms with van der Waals surface area (Å²) in [6, 6.07) is 7.29. The summed E-state index contributed by atoms with van der Waals surface area (Å²) in [6.07, 6.45) is 3.48. The largest absolute Gasteiger partial charge is 0.495 e. The van der Waals surface area contributed by atoms with Crippen molar-refractivity contribution < 1.29 is 9.53 Å².